The fourth-order valence-corrected chi connectivity index (χ4v) is 4.15. The summed E-state index contributed by atoms with van der Waals surface area (Å²) in [5.74, 6) is -3.03. The highest BCUT2D eigenvalue weighted by Crippen LogP contribution is 2.35. The molecular weight excluding hydrogens is 357 g/mol. The smallest absolute Gasteiger partial charge is 0.282 e. The quantitative estimate of drug-likeness (QED) is 0.841. The lowest BCUT2D eigenvalue weighted by atomic mass is 10.2. The summed E-state index contributed by atoms with van der Waals surface area (Å²) in [6.45, 7) is 0. The third-order valence-electron chi connectivity index (χ3n) is 2.92. The summed E-state index contributed by atoms with van der Waals surface area (Å²) < 4.78 is 97.3. The van der Waals surface area contributed by atoms with Gasteiger partial charge in [0.2, 0.25) is 15.3 Å². The first-order valence-electron chi connectivity index (χ1n) is 5.95. The lowest BCUT2D eigenvalue weighted by molar-refractivity contribution is 0.415. The highest BCUT2D eigenvalue weighted by molar-refractivity contribution is 7.91. The lowest BCUT2D eigenvalue weighted by Gasteiger charge is -2.14. The Kier molecular flexibility index (Phi) is 4.51. The Morgan fingerprint density at radius 3 is 1.91 bits per heavy atom. The minimum atomic E-state index is -5.23. The summed E-state index contributed by atoms with van der Waals surface area (Å²) in [6, 6.07) is 5.92. The van der Waals surface area contributed by atoms with Crippen molar-refractivity contribution in [3.63, 3.8) is 0 Å². The maximum atomic E-state index is 14.5. The molecule has 0 heterocycles. The van der Waals surface area contributed by atoms with Gasteiger partial charge in [-0.25, -0.2) is 21.6 Å². The first kappa shape index (κ1) is 17.4. The summed E-state index contributed by atoms with van der Waals surface area (Å²) in [5.41, 5.74) is -4.04. The molecule has 0 amide bonds. The summed E-state index contributed by atoms with van der Waals surface area (Å²) in [7, 11) is -10.2. The van der Waals surface area contributed by atoms with Gasteiger partial charge in [-0.2, -0.15) is 8.42 Å². The van der Waals surface area contributed by atoms with Crippen LogP contribution in [0.15, 0.2) is 52.3 Å². The van der Waals surface area contributed by atoms with Gasteiger partial charge < -0.3 is 0 Å². The highest BCUT2D eigenvalue weighted by Gasteiger charge is 2.37. The van der Waals surface area contributed by atoms with Gasteiger partial charge in [0.15, 0.2) is 0 Å². The molecule has 0 radical (unpaired) electrons. The second-order valence-corrected chi connectivity index (χ2v) is 7.73. The Morgan fingerprint density at radius 2 is 1.39 bits per heavy atom. The zero-order valence-electron chi connectivity index (χ0n) is 11.1. The molecule has 2 rings (SSSR count). The molecule has 1 unspecified atom stereocenters. The Bertz CT molecular complexity index is 935. The van der Waals surface area contributed by atoms with Crippen LogP contribution in [0.25, 0.3) is 0 Å². The number of benzene rings is 2. The molecule has 0 aliphatic rings. The Morgan fingerprint density at radius 1 is 0.870 bits per heavy atom. The van der Waals surface area contributed by atoms with Crippen LogP contribution in [0.2, 0.25) is 0 Å². The Labute approximate surface area is 130 Å². The van der Waals surface area contributed by atoms with Gasteiger partial charge >= 0.3 is 0 Å². The maximum Gasteiger partial charge on any atom is 0.294 e. The SMILES string of the molecule is O=S(=O)(O)c1ccccc1C(F)S(=O)(=O)c1c(F)cccc1F. The van der Waals surface area contributed by atoms with Crippen molar-refractivity contribution in [3.05, 3.63) is 59.7 Å². The first-order chi connectivity index (χ1) is 10.6. The van der Waals surface area contributed by atoms with Gasteiger partial charge in [0.25, 0.3) is 10.1 Å². The van der Waals surface area contributed by atoms with Gasteiger partial charge in [-0.15, -0.1) is 0 Å². The number of alkyl halides is 1. The van der Waals surface area contributed by atoms with E-state index in [1.807, 2.05) is 0 Å². The molecule has 124 valence electrons. The zero-order chi connectivity index (χ0) is 17.4. The number of hydrogen-bond acceptors (Lipinski definition) is 4. The average molecular weight is 366 g/mol. The maximum absolute atomic E-state index is 14.5. The van der Waals surface area contributed by atoms with E-state index in [0.29, 0.717) is 12.1 Å². The van der Waals surface area contributed by atoms with E-state index in [2.05, 4.69) is 0 Å². The van der Waals surface area contributed by atoms with E-state index in [4.69, 9.17) is 4.55 Å². The van der Waals surface area contributed by atoms with E-state index < -0.39 is 52.4 Å². The van der Waals surface area contributed by atoms with Crippen LogP contribution in [0, 0.1) is 11.6 Å². The zero-order valence-corrected chi connectivity index (χ0v) is 12.8. The first-order valence-corrected chi connectivity index (χ1v) is 8.94. The summed E-state index contributed by atoms with van der Waals surface area (Å²) in [4.78, 5) is -2.52. The topological polar surface area (TPSA) is 88.5 Å². The molecule has 0 aliphatic carbocycles. The number of halogens is 3. The molecule has 2 aromatic carbocycles. The molecule has 1 N–H and O–H groups in total. The molecule has 0 saturated carbocycles. The van der Waals surface area contributed by atoms with E-state index in [-0.39, 0.29) is 0 Å². The van der Waals surface area contributed by atoms with Crippen LogP contribution in [-0.4, -0.2) is 21.4 Å². The second-order valence-electron chi connectivity index (χ2n) is 4.42. The van der Waals surface area contributed by atoms with Crippen LogP contribution in [0.3, 0.4) is 0 Å². The molecule has 0 aliphatic heterocycles. The van der Waals surface area contributed by atoms with E-state index in [1.165, 1.54) is 0 Å². The van der Waals surface area contributed by atoms with Crippen molar-refractivity contribution in [1.29, 1.82) is 0 Å². The fourth-order valence-electron chi connectivity index (χ4n) is 1.93. The van der Waals surface area contributed by atoms with E-state index >= 15 is 0 Å². The van der Waals surface area contributed by atoms with Crippen molar-refractivity contribution in [3.8, 4) is 0 Å². The molecule has 5 nitrogen and oxygen atoms in total. The molecule has 1 atom stereocenters. The Hall–Kier alpha value is -1.91. The molecule has 0 bridgehead atoms. The van der Waals surface area contributed by atoms with Crippen LogP contribution < -0.4 is 0 Å². The van der Waals surface area contributed by atoms with Crippen LogP contribution in [0.4, 0.5) is 13.2 Å². The molecule has 23 heavy (non-hydrogen) atoms. The standard InChI is InChI=1S/C13H9F3O5S2/c14-9-5-3-6-10(15)12(9)22(17,18)13(16)8-4-1-2-7-11(8)23(19,20)21/h1-7,13H,(H,19,20,21). The van der Waals surface area contributed by atoms with E-state index in [9.17, 15) is 30.0 Å². The van der Waals surface area contributed by atoms with Crippen molar-refractivity contribution < 1.29 is 34.6 Å². The molecular formula is C13H9F3O5S2. The van der Waals surface area contributed by atoms with Gasteiger partial charge in [0, 0.05) is 5.56 Å². The summed E-state index contributed by atoms with van der Waals surface area (Å²) in [6.07, 6.45) is 0. The summed E-state index contributed by atoms with van der Waals surface area (Å²) >= 11 is 0. The lowest BCUT2D eigenvalue weighted by Crippen LogP contribution is -2.16. The molecule has 2 aromatic rings. The van der Waals surface area contributed by atoms with Gasteiger partial charge in [0.1, 0.15) is 21.4 Å². The monoisotopic (exact) mass is 366 g/mol. The van der Waals surface area contributed by atoms with Gasteiger partial charge in [-0.1, -0.05) is 24.3 Å². The third kappa shape index (κ3) is 3.23. The average Bonchev–Trinajstić information content (AvgIpc) is 2.45. The van der Waals surface area contributed by atoms with Gasteiger partial charge in [-0.3, -0.25) is 4.55 Å². The summed E-state index contributed by atoms with van der Waals surface area (Å²) in [5, 5.41) is 0. The van der Waals surface area contributed by atoms with Crippen LogP contribution in [0.1, 0.15) is 11.1 Å². The number of rotatable bonds is 4. The van der Waals surface area contributed by atoms with Crippen molar-refractivity contribution >= 4 is 20.0 Å². The van der Waals surface area contributed by atoms with Gasteiger partial charge in [-0.05, 0) is 18.2 Å². The van der Waals surface area contributed by atoms with Crippen LogP contribution >= 0.6 is 0 Å². The van der Waals surface area contributed by atoms with Crippen molar-refractivity contribution in [2.45, 2.75) is 15.3 Å². The normalized spacial score (nSPS) is 13.7. The fraction of sp³-hybridized carbons (Fsp3) is 0.0769. The predicted molar refractivity (Wildman–Crippen MR) is 73.6 cm³/mol. The molecule has 0 aromatic heterocycles. The minimum absolute atomic E-state index is 0.622. The van der Waals surface area contributed by atoms with Gasteiger partial charge in [0.05, 0.1) is 0 Å². The highest BCUT2D eigenvalue weighted by atomic mass is 32.2. The molecule has 0 fully saturated rings. The van der Waals surface area contributed by atoms with E-state index in [0.717, 1.165) is 30.3 Å². The van der Waals surface area contributed by atoms with E-state index in [1.54, 1.807) is 0 Å². The number of sulfone groups is 1. The third-order valence-corrected chi connectivity index (χ3v) is 5.60. The number of hydrogen-bond donors (Lipinski definition) is 1. The van der Waals surface area contributed by atoms with Crippen molar-refractivity contribution in [2.24, 2.45) is 0 Å². The Balaban J connectivity index is 2.69. The molecule has 0 spiro atoms. The van der Waals surface area contributed by atoms with Crippen LogP contribution in [-0.2, 0) is 20.0 Å². The molecule has 10 heteroatoms. The largest absolute Gasteiger partial charge is 0.294 e. The van der Waals surface area contributed by atoms with Crippen molar-refractivity contribution in [1.82, 2.24) is 0 Å². The van der Waals surface area contributed by atoms with Crippen molar-refractivity contribution in [2.75, 3.05) is 0 Å². The minimum Gasteiger partial charge on any atom is -0.282 e. The van der Waals surface area contributed by atoms with Crippen LogP contribution in [0.5, 0.6) is 0 Å². The predicted octanol–water partition coefficient (Wildman–Crippen LogP) is 2.65. The second kappa shape index (κ2) is 5.95. The molecule has 0 saturated heterocycles.